The predicted octanol–water partition coefficient (Wildman–Crippen LogP) is 1.86. The minimum absolute atomic E-state index is 0.553. The standard InChI is InChI=1S/C13H28N2O/c1-11(2)15(8-9-16-3)13(10-14)12-6-4-5-7-12/h11-13H,4-10,14H2,1-3H3. The van der Waals surface area contributed by atoms with E-state index in [1.807, 2.05) is 0 Å². The van der Waals surface area contributed by atoms with Crippen LogP contribution in [0.15, 0.2) is 0 Å². The van der Waals surface area contributed by atoms with Gasteiger partial charge in [0.1, 0.15) is 0 Å². The van der Waals surface area contributed by atoms with Crippen LogP contribution >= 0.6 is 0 Å². The topological polar surface area (TPSA) is 38.5 Å². The highest BCUT2D eigenvalue weighted by Gasteiger charge is 2.29. The lowest BCUT2D eigenvalue weighted by molar-refractivity contribution is 0.0730. The van der Waals surface area contributed by atoms with E-state index < -0.39 is 0 Å². The van der Waals surface area contributed by atoms with Gasteiger partial charge in [0.15, 0.2) is 0 Å². The van der Waals surface area contributed by atoms with Crippen molar-refractivity contribution < 1.29 is 4.74 Å². The average Bonchev–Trinajstić information content (AvgIpc) is 2.76. The number of nitrogens with two attached hydrogens (primary N) is 1. The van der Waals surface area contributed by atoms with Crippen molar-refractivity contribution in [3.05, 3.63) is 0 Å². The van der Waals surface area contributed by atoms with Crippen LogP contribution in [0, 0.1) is 5.92 Å². The summed E-state index contributed by atoms with van der Waals surface area (Å²) in [7, 11) is 1.77. The molecule has 1 atom stereocenters. The fraction of sp³-hybridized carbons (Fsp3) is 1.00. The van der Waals surface area contributed by atoms with Gasteiger partial charge in [-0.15, -0.1) is 0 Å². The second-order valence-corrected chi connectivity index (χ2v) is 5.17. The van der Waals surface area contributed by atoms with Crippen molar-refractivity contribution in [3.8, 4) is 0 Å². The minimum atomic E-state index is 0.553. The first-order valence-electron chi connectivity index (χ1n) is 6.65. The second-order valence-electron chi connectivity index (χ2n) is 5.17. The first kappa shape index (κ1) is 13.9. The lowest BCUT2D eigenvalue weighted by atomic mass is 9.95. The Bertz CT molecular complexity index is 179. The molecule has 1 aliphatic carbocycles. The van der Waals surface area contributed by atoms with Gasteiger partial charge in [0.25, 0.3) is 0 Å². The highest BCUT2D eigenvalue weighted by Crippen LogP contribution is 2.30. The van der Waals surface area contributed by atoms with E-state index in [1.54, 1.807) is 7.11 Å². The SMILES string of the molecule is COCCN(C(C)C)C(CN)C1CCCC1. The molecule has 1 unspecified atom stereocenters. The Kier molecular flexibility index (Phi) is 6.32. The third kappa shape index (κ3) is 3.72. The summed E-state index contributed by atoms with van der Waals surface area (Å²) in [5, 5.41) is 0. The van der Waals surface area contributed by atoms with Gasteiger partial charge in [-0.1, -0.05) is 12.8 Å². The van der Waals surface area contributed by atoms with Crippen LogP contribution in [0.1, 0.15) is 39.5 Å². The van der Waals surface area contributed by atoms with Crippen LogP contribution in [0.2, 0.25) is 0 Å². The van der Waals surface area contributed by atoms with E-state index in [0.717, 1.165) is 25.6 Å². The van der Waals surface area contributed by atoms with Crippen molar-refractivity contribution >= 4 is 0 Å². The largest absolute Gasteiger partial charge is 0.383 e. The molecule has 1 rings (SSSR count). The number of rotatable bonds is 7. The fourth-order valence-electron chi connectivity index (χ4n) is 2.94. The van der Waals surface area contributed by atoms with E-state index in [2.05, 4.69) is 18.7 Å². The van der Waals surface area contributed by atoms with Crippen molar-refractivity contribution in [2.45, 2.75) is 51.6 Å². The molecular formula is C13H28N2O. The fourth-order valence-corrected chi connectivity index (χ4v) is 2.94. The molecule has 2 N–H and O–H groups in total. The summed E-state index contributed by atoms with van der Waals surface area (Å²) in [5.41, 5.74) is 5.98. The Balaban J connectivity index is 2.56. The molecule has 0 radical (unpaired) electrons. The molecule has 0 aromatic rings. The zero-order valence-corrected chi connectivity index (χ0v) is 11.1. The lowest BCUT2D eigenvalue weighted by Crippen LogP contribution is -2.49. The molecule has 0 aromatic heterocycles. The smallest absolute Gasteiger partial charge is 0.0589 e. The molecule has 1 fully saturated rings. The molecule has 3 nitrogen and oxygen atoms in total. The summed E-state index contributed by atoms with van der Waals surface area (Å²) >= 11 is 0. The number of nitrogens with zero attached hydrogens (tertiary/aromatic N) is 1. The van der Waals surface area contributed by atoms with Crippen molar-refractivity contribution in [1.82, 2.24) is 4.90 Å². The molecule has 0 heterocycles. The number of hydrogen-bond acceptors (Lipinski definition) is 3. The summed E-state index contributed by atoms with van der Waals surface area (Å²) in [4.78, 5) is 2.53. The molecule has 0 aliphatic heterocycles. The van der Waals surface area contributed by atoms with Crippen LogP contribution in [-0.2, 0) is 4.74 Å². The maximum atomic E-state index is 5.98. The molecule has 3 heteroatoms. The summed E-state index contributed by atoms with van der Waals surface area (Å²) < 4.78 is 5.20. The molecule has 16 heavy (non-hydrogen) atoms. The second kappa shape index (κ2) is 7.25. The molecule has 0 saturated heterocycles. The first-order chi connectivity index (χ1) is 7.70. The van der Waals surface area contributed by atoms with Crippen LogP contribution in [0.5, 0.6) is 0 Å². The van der Waals surface area contributed by atoms with E-state index in [1.165, 1.54) is 25.7 Å². The van der Waals surface area contributed by atoms with Crippen LogP contribution in [0.3, 0.4) is 0 Å². The Hall–Kier alpha value is -0.120. The average molecular weight is 228 g/mol. The monoisotopic (exact) mass is 228 g/mol. The summed E-state index contributed by atoms with van der Waals surface area (Å²) in [6.07, 6.45) is 5.49. The van der Waals surface area contributed by atoms with Crippen LogP contribution in [-0.4, -0.2) is 43.8 Å². The molecule has 0 spiro atoms. The Morgan fingerprint density at radius 3 is 2.38 bits per heavy atom. The normalized spacial score (nSPS) is 19.9. The maximum Gasteiger partial charge on any atom is 0.0589 e. The van der Waals surface area contributed by atoms with Gasteiger partial charge < -0.3 is 10.5 Å². The van der Waals surface area contributed by atoms with Gasteiger partial charge in [-0.05, 0) is 32.6 Å². The highest BCUT2D eigenvalue weighted by atomic mass is 16.5. The van der Waals surface area contributed by atoms with Crippen LogP contribution in [0.25, 0.3) is 0 Å². The predicted molar refractivity (Wildman–Crippen MR) is 68.5 cm³/mol. The van der Waals surface area contributed by atoms with Gasteiger partial charge in [0.2, 0.25) is 0 Å². The van der Waals surface area contributed by atoms with E-state index in [-0.39, 0.29) is 0 Å². The summed E-state index contributed by atoms with van der Waals surface area (Å²) in [5.74, 6) is 0.809. The molecule has 96 valence electrons. The minimum Gasteiger partial charge on any atom is -0.383 e. The highest BCUT2D eigenvalue weighted by molar-refractivity contribution is 4.85. The lowest BCUT2D eigenvalue weighted by Gasteiger charge is -2.37. The van der Waals surface area contributed by atoms with Gasteiger partial charge in [-0.25, -0.2) is 0 Å². The van der Waals surface area contributed by atoms with E-state index >= 15 is 0 Å². The van der Waals surface area contributed by atoms with Crippen LogP contribution < -0.4 is 5.73 Å². The van der Waals surface area contributed by atoms with E-state index in [4.69, 9.17) is 10.5 Å². The van der Waals surface area contributed by atoms with Gasteiger partial charge in [0.05, 0.1) is 6.61 Å². The van der Waals surface area contributed by atoms with Crippen molar-refractivity contribution in [3.63, 3.8) is 0 Å². The number of methoxy groups -OCH3 is 1. The zero-order chi connectivity index (χ0) is 12.0. The Morgan fingerprint density at radius 1 is 1.31 bits per heavy atom. The van der Waals surface area contributed by atoms with Crippen LogP contribution in [0.4, 0.5) is 0 Å². The van der Waals surface area contributed by atoms with Gasteiger partial charge in [0, 0.05) is 32.3 Å². The Labute approximate surface area is 100 Å². The molecule has 1 saturated carbocycles. The quantitative estimate of drug-likeness (QED) is 0.723. The van der Waals surface area contributed by atoms with Crippen molar-refractivity contribution in [2.75, 3.05) is 26.8 Å². The molecular weight excluding hydrogens is 200 g/mol. The number of ether oxygens (including phenoxy) is 1. The molecule has 0 amide bonds. The third-order valence-electron chi connectivity index (χ3n) is 3.83. The van der Waals surface area contributed by atoms with Gasteiger partial charge in [-0.2, -0.15) is 0 Å². The van der Waals surface area contributed by atoms with E-state index in [9.17, 15) is 0 Å². The van der Waals surface area contributed by atoms with Gasteiger partial charge in [-0.3, -0.25) is 4.90 Å². The maximum absolute atomic E-state index is 5.98. The van der Waals surface area contributed by atoms with E-state index in [0.29, 0.717) is 12.1 Å². The van der Waals surface area contributed by atoms with Gasteiger partial charge >= 0.3 is 0 Å². The molecule has 0 aromatic carbocycles. The van der Waals surface area contributed by atoms with Crippen molar-refractivity contribution in [1.29, 1.82) is 0 Å². The Morgan fingerprint density at radius 2 is 1.94 bits per heavy atom. The zero-order valence-electron chi connectivity index (χ0n) is 11.1. The number of hydrogen-bond donors (Lipinski definition) is 1. The van der Waals surface area contributed by atoms with Crippen molar-refractivity contribution in [2.24, 2.45) is 11.7 Å². The first-order valence-corrected chi connectivity index (χ1v) is 6.65. The summed E-state index contributed by atoms with van der Waals surface area (Å²) in [6, 6.07) is 1.11. The molecule has 0 bridgehead atoms. The molecule has 1 aliphatic rings. The summed E-state index contributed by atoms with van der Waals surface area (Å²) in [6.45, 7) is 7.11. The third-order valence-corrected chi connectivity index (χ3v) is 3.83.